The highest BCUT2D eigenvalue weighted by Crippen LogP contribution is 2.64. The molecule has 0 unspecified atom stereocenters. The first-order valence-corrected chi connectivity index (χ1v) is 11.7. The molecule has 1 heterocycles. The van der Waals surface area contributed by atoms with Crippen molar-refractivity contribution in [2.24, 2.45) is 0 Å². The molecule has 8 nitrogen and oxygen atoms in total. The number of nitrogens with zero attached hydrogens (tertiary/aromatic N) is 1. The molecule has 0 spiro atoms. The van der Waals surface area contributed by atoms with Gasteiger partial charge in [-0.3, -0.25) is 14.7 Å². The minimum absolute atomic E-state index is 0.0289. The van der Waals surface area contributed by atoms with Gasteiger partial charge in [0, 0.05) is 44.3 Å². The molecule has 0 bridgehead atoms. The van der Waals surface area contributed by atoms with Crippen LogP contribution in [0.25, 0.3) is 5.76 Å². The first-order chi connectivity index (χ1) is 15.1. The van der Waals surface area contributed by atoms with Crippen LogP contribution in [0.1, 0.15) is 44.2 Å². The third-order valence-corrected chi connectivity index (χ3v) is 7.11. The topological polar surface area (TPSA) is 97.1 Å². The Morgan fingerprint density at radius 2 is 1.62 bits per heavy atom. The zero-order valence-corrected chi connectivity index (χ0v) is 19.7. The predicted octanol–water partition coefficient (Wildman–Crippen LogP) is 6.09. The van der Waals surface area contributed by atoms with Gasteiger partial charge in [-0.1, -0.05) is 42.5 Å². The smallest absolute Gasteiger partial charge is 0.361 e. The molecule has 2 atom stereocenters. The van der Waals surface area contributed by atoms with E-state index in [1.165, 1.54) is 26.4 Å². The summed E-state index contributed by atoms with van der Waals surface area (Å²) < 4.78 is 36.8. The second kappa shape index (κ2) is 9.55. The van der Waals surface area contributed by atoms with Crippen LogP contribution in [0.15, 0.2) is 59.9 Å². The van der Waals surface area contributed by atoms with Gasteiger partial charge in [0.25, 0.3) is 5.69 Å². The minimum atomic E-state index is -3.74. The molecular formula is C23H28NO7P. The summed E-state index contributed by atoms with van der Waals surface area (Å²) >= 11 is 0. The summed E-state index contributed by atoms with van der Waals surface area (Å²) in [5.74, 6) is -0.112. The predicted molar refractivity (Wildman–Crippen MR) is 121 cm³/mol. The van der Waals surface area contributed by atoms with Crippen molar-refractivity contribution in [1.82, 2.24) is 0 Å². The first kappa shape index (κ1) is 24.1. The van der Waals surface area contributed by atoms with Gasteiger partial charge in [-0.05, 0) is 26.3 Å². The van der Waals surface area contributed by atoms with E-state index in [2.05, 4.69) is 0 Å². The minimum Gasteiger partial charge on any atom is -0.464 e. The summed E-state index contributed by atoms with van der Waals surface area (Å²) in [4.78, 5) is 10.7. The highest BCUT2D eigenvalue weighted by atomic mass is 31.2. The van der Waals surface area contributed by atoms with Gasteiger partial charge in [-0.2, -0.15) is 0 Å². The first-order valence-electron chi connectivity index (χ1n) is 10.2. The second-order valence-corrected chi connectivity index (χ2v) is 10.6. The molecule has 1 aliphatic rings. The Kier molecular flexibility index (Phi) is 7.20. The van der Waals surface area contributed by atoms with Crippen LogP contribution in [-0.2, 0) is 23.1 Å². The van der Waals surface area contributed by atoms with Crippen molar-refractivity contribution in [3.05, 3.63) is 81.2 Å². The van der Waals surface area contributed by atoms with Crippen LogP contribution in [0.5, 0.6) is 0 Å². The molecule has 2 aromatic rings. The van der Waals surface area contributed by atoms with Crippen LogP contribution >= 0.6 is 7.60 Å². The van der Waals surface area contributed by atoms with Gasteiger partial charge < -0.3 is 18.5 Å². The van der Waals surface area contributed by atoms with Crippen molar-refractivity contribution in [2.75, 3.05) is 14.2 Å². The average molecular weight is 461 g/mol. The Hall–Kier alpha value is -2.51. The molecule has 0 amide bonds. The maximum atomic E-state index is 13.7. The number of benzene rings is 2. The number of nitro groups is 1. The summed E-state index contributed by atoms with van der Waals surface area (Å²) in [6.07, 6.45) is -0.311. The standard InChI is InChI=1S/C23H28NO7P/c1-23(2,3)31-20-15-19(16-11-13-18(14-12-16)24(25)26)22(32(27,28-4)29-5)21(30-20)17-9-7-6-8-10-17/h6-14,19-20H,15H2,1-5H3/t19-,20-/m0/s1. The zero-order chi connectivity index (χ0) is 23.5. The summed E-state index contributed by atoms with van der Waals surface area (Å²) in [5.41, 5.74) is 0.903. The zero-order valence-electron chi connectivity index (χ0n) is 18.8. The number of allylic oxidation sites excluding steroid dienone is 1. The number of hydrogen-bond acceptors (Lipinski definition) is 7. The maximum absolute atomic E-state index is 13.7. The Labute approximate surface area is 187 Å². The third-order valence-electron chi connectivity index (χ3n) is 5.04. The van der Waals surface area contributed by atoms with E-state index in [0.29, 0.717) is 23.1 Å². The number of hydrogen-bond donors (Lipinski definition) is 0. The van der Waals surface area contributed by atoms with E-state index in [1.807, 2.05) is 51.1 Å². The molecule has 1 aliphatic heterocycles. The molecule has 3 rings (SSSR count). The maximum Gasteiger partial charge on any atom is 0.361 e. The van der Waals surface area contributed by atoms with Crippen LogP contribution in [0.2, 0.25) is 0 Å². The van der Waals surface area contributed by atoms with Crippen molar-refractivity contribution in [1.29, 1.82) is 0 Å². The average Bonchev–Trinajstić information content (AvgIpc) is 2.77. The number of non-ortho nitro benzene ring substituents is 1. The number of rotatable bonds is 7. The van der Waals surface area contributed by atoms with Crippen molar-refractivity contribution in [3.8, 4) is 0 Å². The molecule has 2 aromatic carbocycles. The van der Waals surface area contributed by atoms with E-state index in [0.717, 1.165) is 5.56 Å². The van der Waals surface area contributed by atoms with Crippen LogP contribution in [0.3, 0.4) is 0 Å². The molecule has 0 aromatic heterocycles. The fraction of sp³-hybridized carbons (Fsp3) is 0.391. The van der Waals surface area contributed by atoms with Gasteiger partial charge in [0.2, 0.25) is 6.29 Å². The van der Waals surface area contributed by atoms with E-state index < -0.39 is 30.3 Å². The van der Waals surface area contributed by atoms with Crippen LogP contribution in [0.4, 0.5) is 5.69 Å². The van der Waals surface area contributed by atoms with Crippen molar-refractivity contribution in [2.45, 2.75) is 45.0 Å². The molecule has 172 valence electrons. The molecule has 32 heavy (non-hydrogen) atoms. The fourth-order valence-corrected chi connectivity index (χ4v) is 5.29. The van der Waals surface area contributed by atoms with Gasteiger partial charge in [0.15, 0.2) is 0 Å². The summed E-state index contributed by atoms with van der Waals surface area (Å²) in [5, 5.41) is 11.5. The molecule has 9 heteroatoms. The van der Waals surface area contributed by atoms with Crippen LogP contribution in [0, 0.1) is 10.1 Å². The van der Waals surface area contributed by atoms with E-state index in [-0.39, 0.29) is 5.69 Å². The lowest BCUT2D eigenvalue weighted by Crippen LogP contribution is -2.33. The van der Waals surface area contributed by atoms with Crippen LogP contribution in [-0.4, -0.2) is 31.0 Å². The van der Waals surface area contributed by atoms with Crippen molar-refractivity contribution in [3.63, 3.8) is 0 Å². The van der Waals surface area contributed by atoms with Crippen molar-refractivity contribution >= 4 is 19.0 Å². The molecule has 0 fully saturated rings. The monoisotopic (exact) mass is 461 g/mol. The van der Waals surface area contributed by atoms with Gasteiger partial charge >= 0.3 is 7.60 Å². The molecular weight excluding hydrogens is 433 g/mol. The lowest BCUT2D eigenvalue weighted by atomic mass is 9.91. The quantitative estimate of drug-likeness (QED) is 0.279. The summed E-state index contributed by atoms with van der Waals surface area (Å²) in [7, 11) is -1.10. The van der Waals surface area contributed by atoms with Crippen molar-refractivity contribution < 1.29 is 28.0 Å². The highest BCUT2D eigenvalue weighted by Gasteiger charge is 2.44. The van der Waals surface area contributed by atoms with E-state index in [1.54, 1.807) is 12.1 Å². The Morgan fingerprint density at radius 3 is 2.12 bits per heavy atom. The Bertz CT molecular complexity index is 1020. The fourth-order valence-electron chi connectivity index (χ4n) is 3.68. The SMILES string of the molecule is COP(=O)(OC)C1=C(c2ccccc2)O[C@@H](OC(C)(C)C)C[C@H]1c1ccc([N+](=O)[O-])cc1. The van der Waals surface area contributed by atoms with Gasteiger partial charge in [0.05, 0.1) is 15.8 Å². The highest BCUT2D eigenvalue weighted by molar-refractivity contribution is 7.58. The van der Waals surface area contributed by atoms with Crippen LogP contribution < -0.4 is 0 Å². The van der Waals surface area contributed by atoms with Gasteiger partial charge in [0.1, 0.15) is 5.76 Å². The summed E-state index contributed by atoms with van der Waals surface area (Å²) in [6, 6.07) is 15.4. The Balaban J connectivity index is 2.23. The molecule has 0 saturated carbocycles. The lowest BCUT2D eigenvalue weighted by Gasteiger charge is -2.38. The number of nitro benzene ring substituents is 1. The van der Waals surface area contributed by atoms with Gasteiger partial charge in [-0.25, -0.2) is 0 Å². The molecule has 0 N–H and O–H groups in total. The Morgan fingerprint density at radius 1 is 1.03 bits per heavy atom. The van der Waals surface area contributed by atoms with E-state index in [4.69, 9.17) is 18.5 Å². The third kappa shape index (κ3) is 5.27. The van der Waals surface area contributed by atoms with E-state index in [9.17, 15) is 14.7 Å². The van der Waals surface area contributed by atoms with E-state index >= 15 is 0 Å². The largest absolute Gasteiger partial charge is 0.464 e. The number of ether oxygens (including phenoxy) is 2. The second-order valence-electron chi connectivity index (χ2n) is 8.36. The lowest BCUT2D eigenvalue weighted by molar-refractivity contribution is -0.384. The normalized spacial score (nSPS) is 19.5. The van der Waals surface area contributed by atoms with Gasteiger partial charge in [-0.15, -0.1) is 0 Å². The molecule has 0 saturated heterocycles. The molecule has 0 aliphatic carbocycles. The summed E-state index contributed by atoms with van der Waals surface area (Å²) in [6.45, 7) is 5.77. The molecule has 0 radical (unpaired) electrons.